The molecule has 0 atom stereocenters. The van der Waals surface area contributed by atoms with Crippen LogP contribution in [0.25, 0.3) is 0 Å². The van der Waals surface area contributed by atoms with Crippen molar-refractivity contribution < 1.29 is 0 Å². The van der Waals surface area contributed by atoms with E-state index in [1.165, 1.54) is 30.7 Å². The van der Waals surface area contributed by atoms with Crippen molar-refractivity contribution in [1.82, 2.24) is 20.3 Å². The molecule has 1 fully saturated rings. The van der Waals surface area contributed by atoms with E-state index in [0.717, 1.165) is 17.9 Å². The SMILES string of the molecule is Cc1cnc(CNC2(c3nccs3)CCCC2)cn1. The number of thiazole rings is 1. The van der Waals surface area contributed by atoms with Crippen molar-refractivity contribution in [3.05, 3.63) is 40.4 Å². The molecule has 0 aliphatic heterocycles. The Morgan fingerprint density at radius 1 is 1.21 bits per heavy atom. The highest BCUT2D eigenvalue weighted by atomic mass is 32.1. The Bertz CT molecular complexity index is 515. The molecule has 0 unspecified atom stereocenters. The maximum Gasteiger partial charge on any atom is 0.113 e. The summed E-state index contributed by atoms with van der Waals surface area (Å²) in [6, 6.07) is 0. The number of aromatic nitrogens is 3. The van der Waals surface area contributed by atoms with Gasteiger partial charge in [0.1, 0.15) is 5.01 Å². The first kappa shape index (κ1) is 12.7. The Hall–Kier alpha value is -1.33. The molecule has 100 valence electrons. The molecular weight excluding hydrogens is 256 g/mol. The number of hydrogen-bond acceptors (Lipinski definition) is 5. The zero-order chi connectivity index (χ0) is 13.1. The third-order valence-corrected chi connectivity index (χ3v) is 4.72. The lowest BCUT2D eigenvalue weighted by Gasteiger charge is -2.28. The van der Waals surface area contributed by atoms with Crippen LogP contribution in [0.2, 0.25) is 0 Å². The molecule has 0 saturated heterocycles. The zero-order valence-electron chi connectivity index (χ0n) is 11.1. The molecule has 3 rings (SSSR count). The van der Waals surface area contributed by atoms with Crippen molar-refractivity contribution in [2.75, 3.05) is 0 Å². The molecule has 2 aromatic rings. The molecule has 5 heteroatoms. The highest BCUT2D eigenvalue weighted by Gasteiger charge is 2.37. The van der Waals surface area contributed by atoms with E-state index in [9.17, 15) is 0 Å². The van der Waals surface area contributed by atoms with E-state index < -0.39 is 0 Å². The summed E-state index contributed by atoms with van der Waals surface area (Å²) >= 11 is 1.75. The summed E-state index contributed by atoms with van der Waals surface area (Å²) in [5.41, 5.74) is 2.01. The molecule has 1 N–H and O–H groups in total. The molecule has 1 aliphatic carbocycles. The monoisotopic (exact) mass is 274 g/mol. The van der Waals surface area contributed by atoms with Crippen molar-refractivity contribution in [3.8, 4) is 0 Å². The summed E-state index contributed by atoms with van der Waals surface area (Å²) in [5.74, 6) is 0. The molecule has 4 nitrogen and oxygen atoms in total. The van der Waals surface area contributed by atoms with E-state index in [1.54, 1.807) is 11.3 Å². The Morgan fingerprint density at radius 2 is 2.05 bits per heavy atom. The quantitative estimate of drug-likeness (QED) is 0.931. The second-order valence-electron chi connectivity index (χ2n) is 5.13. The smallest absolute Gasteiger partial charge is 0.113 e. The molecule has 1 aliphatic rings. The summed E-state index contributed by atoms with van der Waals surface area (Å²) in [7, 11) is 0. The van der Waals surface area contributed by atoms with E-state index in [4.69, 9.17) is 0 Å². The van der Waals surface area contributed by atoms with Gasteiger partial charge in [0.05, 0.1) is 16.9 Å². The van der Waals surface area contributed by atoms with Crippen LogP contribution in [0.4, 0.5) is 0 Å². The molecule has 0 aromatic carbocycles. The largest absolute Gasteiger partial charge is 0.300 e. The van der Waals surface area contributed by atoms with Crippen LogP contribution in [0, 0.1) is 6.92 Å². The van der Waals surface area contributed by atoms with E-state index in [0.29, 0.717) is 0 Å². The van der Waals surface area contributed by atoms with Gasteiger partial charge in [-0.25, -0.2) is 4.98 Å². The first-order chi connectivity index (χ1) is 9.28. The molecule has 0 bridgehead atoms. The maximum absolute atomic E-state index is 4.52. The minimum Gasteiger partial charge on any atom is -0.300 e. The predicted octanol–water partition coefficient (Wildman–Crippen LogP) is 2.80. The standard InChI is InChI=1S/C14H18N4S/c1-11-8-17-12(9-16-11)10-18-14(4-2-3-5-14)13-15-6-7-19-13/h6-9,18H,2-5,10H2,1H3. The first-order valence-corrected chi connectivity index (χ1v) is 7.59. The first-order valence-electron chi connectivity index (χ1n) is 6.71. The summed E-state index contributed by atoms with van der Waals surface area (Å²) in [6.07, 6.45) is 10.4. The van der Waals surface area contributed by atoms with Crippen LogP contribution in [-0.4, -0.2) is 15.0 Å². The van der Waals surface area contributed by atoms with Crippen LogP contribution in [0.1, 0.15) is 42.1 Å². The van der Waals surface area contributed by atoms with Crippen LogP contribution >= 0.6 is 11.3 Å². The minimum atomic E-state index is 0.0563. The average Bonchev–Trinajstić information content (AvgIpc) is 3.10. The second kappa shape index (κ2) is 5.35. The Kier molecular flexibility index (Phi) is 3.57. The van der Waals surface area contributed by atoms with Gasteiger partial charge in [0.2, 0.25) is 0 Å². The van der Waals surface area contributed by atoms with Gasteiger partial charge in [-0.15, -0.1) is 11.3 Å². The second-order valence-corrected chi connectivity index (χ2v) is 6.02. The van der Waals surface area contributed by atoms with Crippen LogP contribution in [0.3, 0.4) is 0 Å². The summed E-state index contributed by atoms with van der Waals surface area (Å²) in [5, 5.41) is 6.95. The fraction of sp³-hybridized carbons (Fsp3) is 0.500. The lowest BCUT2D eigenvalue weighted by Crippen LogP contribution is -2.39. The van der Waals surface area contributed by atoms with Gasteiger partial charge < -0.3 is 0 Å². The van der Waals surface area contributed by atoms with E-state index in [2.05, 4.69) is 25.6 Å². The van der Waals surface area contributed by atoms with Gasteiger partial charge in [-0.1, -0.05) is 12.8 Å². The van der Waals surface area contributed by atoms with Crippen molar-refractivity contribution >= 4 is 11.3 Å². The highest BCUT2D eigenvalue weighted by Crippen LogP contribution is 2.39. The van der Waals surface area contributed by atoms with Gasteiger partial charge in [0.15, 0.2) is 0 Å². The van der Waals surface area contributed by atoms with Crippen molar-refractivity contribution in [2.24, 2.45) is 0 Å². The molecule has 2 aromatic heterocycles. The number of rotatable bonds is 4. The van der Waals surface area contributed by atoms with Gasteiger partial charge >= 0.3 is 0 Å². The normalized spacial score (nSPS) is 17.7. The van der Waals surface area contributed by atoms with Crippen LogP contribution in [0.5, 0.6) is 0 Å². The summed E-state index contributed by atoms with van der Waals surface area (Å²) in [6.45, 7) is 2.71. The van der Waals surface area contributed by atoms with Crippen molar-refractivity contribution in [3.63, 3.8) is 0 Å². The lowest BCUT2D eigenvalue weighted by molar-refractivity contribution is 0.335. The Labute approximate surface area is 117 Å². The van der Waals surface area contributed by atoms with Crippen molar-refractivity contribution in [2.45, 2.75) is 44.7 Å². The molecule has 2 heterocycles. The van der Waals surface area contributed by atoms with Gasteiger partial charge in [0.25, 0.3) is 0 Å². The highest BCUT2D eigenvalue weighted by molar-refractivity contribution is 7.09. The van der Waals surface area contributed by atoms with Crippen LogP contribution in [-0.2, 0) is 12.1 Å². The predicted molar refractivity (Wildman–Crippen MR) is 75.9 cm³/mol. The molecular formula is C14H18N4S. The average molecular weight is 274 g/mol. The maximum atomic E-state index is 4.52. The Morgan fingerprint density at radius 3 is 2.68 bits per heavy atom. The molecule has 0 radical (unpaired) electrons. The van der Waals surface area contributed by atoms with Gasteiger partial charge in [-0.2, -0.15) is 0 Å². The molecule has 0 spiro atoms. The number of hydrogen-bond donors (Lipinski definition) is 1. The van der Waals surface area contributed by atoms with Gasteiger partial charge in [-0.05, 0) is 19.8 Å². The molecule has 0 amide bonds. The van der Waals surface area contributed by atoms with Crippen molar-refractivity contribution in [1.29, 1.82) is 0 Å². The Balaban J connectivity index is 1.74. The van der Waals surface area contributed by atoms with E-state index >= 15 is 0 Å². The lowest BCUT2D eigenvalue weighted by atomic mass is 9.98. The zero-order valence-corrected chi connectivity index (χ0v) is 11.9. The van der Waals surface area contributed by atoms with Crippen LogP contribution in [0.15, 0.2) is 24.0 Å². The molecule has 19 heavy (non-hydrogen) atoms. The topological polar surface area (TPSA) is 50.7 Å². The third-order valence-electron chi connectivity index (χ3n) is 3.74. The number of aryl methyl sites for hydroxylation is 1. The summed E-state index contributed by atoms with van der Waals surface area (Å²) < 4.78 is 0. The third kappa shape index (κ3) is 2.67. The van der Waals surface area contributed by atoms with Gasteiger partial charge in [0, 0.05) is 30.5 Å². The van der Waals surface area contributed by atoms with E-state index in [1.807, 2.05) is 25.5 Å². The fourth-order valence-electron chi connectivity index (χ4n) is 2.67. The molecule has 1 saturated carbocycles. The number of nitrogens with zero attached hydrogens (tertiary/aromatic N) is 3. The van der Waals surface area contributed by atoms with Crippen LogP contribution < -0.4 is 5.32 Å². The van der Waals surface area contributed by atoms with Gasteiger partial charge in [-0.3, -0.25) is 15.3 Å². The minimum absolute atomic E-state index is 0.0563. The summed E-state index contributed by atoms with van der Waals surface area (Å²) in [4.78, 5) is 13.2. The fourth-order valence-corrected chi connectivity index (χ4v) is 3.55. The van der Waals surface area contributed by atoms with E-state index in [-0.39, 0.29) is 5.54 Å². The number of nitrogens with one attached hydrogen (secondary N) is 1.